The molecule has 2 aromatic rings. The monoisotopic (exact) mass is 218 g/mol. The number of hydrogen-bond donors (Lipinski definition) is 0. The summed E-state index contributed by atoms with van der Waals surface area (Å²) in [4.78, 5) is 0. The topological polar surface area (TPSA) is 21.8 Å². The van der Waals surface area contributed by atoms with Crippen LogP contribution in [-0.4, -0.2) is 19.3 Å². The number of benzene rings is 2. The van der Waals surface area contributed by atoms with Crippen LogP contribution in [0.5, 0.6) is 5.75 Å². The van der Waals surface area contributed by atoms with E-state index in [1.165, 1.54) is 12.1 Å². The molecule has 16 heavy (non-hydrogen) atoms. The van der Waals surface area contributed by atoms with Crippen molar-refractivity contribution in [1.82, 2.24) is 0 Å². The summed E-state index contributed by atoms with van der Waals surface area (Å²) in [6.07, 6.45) is 0.212. The van der Waals surface area contributed by atoms with Gasteiger partial charge in [-0.25, -0.2) is 4.39 Å². The highest BCUT2D eigenvalue weighted by atomic mass is 19.1. The molecule has 1 saturated heterocycles. The van der Waals surface area contributed by atoms with Crippen molar-refractivity contribution in [3.05, 3.63) is 42.2 Å². The van der Waals surface area contributed by atoms with E-state index in [9.17, 15) is 4.39 Å². The number of rotatable bonds is 3. The second-order valence-corrected chi connectivity index (χ2v) is 3.89. The molecule has 82 valence electrons. The summed E-state index contributed by atoms with van der Waals surface area (Å²) in [6.45, 7) is 1.30. The largest absolute Gasteiger partial charge is 0.490 e. The molecule has 0 saturated carbocycles. The first kappa shape index (κ1) is 9.60. The molecule has 1 unspecified atom stereocenters. The third-order valence-corrected chi connectivity index (χ3v) is 2.63. The van der Waals surface area contributed by atoms with Gasteiger partial charge in [-0.2, -0.15) is 0 Å². The minimum absolute atomic E-state index is 0.212. The van der Waals surface area contributed by atoms with Crippen molar-refractivity contribution in [2.45, 2.75) is 6.10 Å². The fourth-order valence-corrected chi connectivity index (χ4v) is 1.69. The Labute approximate surface area is 92.6 Å². The van der Waals surface area contributed by atoms with E-state index < -0.39 is 0 Å². The molecule has 0 aliphatic carbocycles. The highest BCUT2D eigenvalue weighted by Crippen LogP contribution is 2.27. The van der Waals surface area contributed by atoms with Crippen LogP contribution in [0.1, 0.15) is 0 Å². The van der Waals surface area contributed by atoms with Gasteiger partial charge in [-0.15, -0.1) is 0 Å². The summed E-state index contributed by atoms with van der Waals surface area (Å²) in [5.41, 5.74) is 0. The van der Waals surface area contributed by atoms with E-state index in [-0.39, 0.29) is 11.9 Å². The van der Waals surface area contributed by atoms with Gasteiger partial charge < -0.3 is 9.47 Å². The standard InChI is InChI=1S/C13H11FO2/c14-10-5-4-9-2-1-3-13(12(9)6-10)16-8-11-7-15-11/h1-6,11H,7-8H2. The Morgan fingerprint density at radius 3 is 3.00 bits per heavy atom. The average Bonchev–Trinajstić information content (AvgIpc) is 3.10. The van der Waals surface area contributed by atoms with Gasteiger partial charge in [0.25, 0.3) is 0 Å². The highest BCUT2D eigenvalue weighted by Gasteiger charge is 2.23. The summed E-state index contributed by atoms with van der Waals surface area (Å²) in [7, 11) is 0. The molecule has 2 nitrogen and oxygen atoms in total. The molecule has 0 spiro atoms. The molecule has 1 heterocycles. The minimum atomic E-state index is -0.244. The van der Waals surface area contributed by atoms with Crippen molar-refractivity contribution in [2.75, 3.05) is 13.2 Å². The molecular formula is C13H11FO2. The van der Waals surface area contributed by atoms with Gasteiger partial charge in [0.05, 0.1) is 6.61 Å². The highest BCUT2D eigenvalue weighted by molar-refractivity contribution is 5.88. The first-order chi connectivity index (χ1) is 7.83. The molecular weight excluding hydrogens is 207 g/mol. The van der Waals surface area contributed by atoms with E-state index in [0.717, 1.165) is 17.4 Å². The predicted octanol–water partition coefficient (Wildman–Crippen LogP) is 2.76. The van der Waals surface area contributed by atoms with Crippen molar-refractivity contribution in [1.29, 1.82) is 0 Å². The maximum absolute atomic E-state index is 13.1. The Kier molecular flexibility index (Phi) is 2.26. The van der Waals surface area contributed by atoms with E-state index in [1.54, 1.807) is 6.07 Å². The lowest BCUT2D eigenvalue weighted by molar-refractivity contribution is 0.265. The quantitative estimate of drug-likeness (QED) is 0.739. The van der Waals surface area contributed by atoms with Crippen molar-refractivity contribution in [3.63, 3.8) is 0 Å². The maximum Gasteiger partial charge on any atom is 0.127 e. The molecule has 3 heteroatoms. The van der Waals surface area contributed by atoms with Gasteiger partial charge in [0.2, 0.25) is 0 Å². The number of epoxide rings is 1. The second kappa shape index (κ2) is 3.76. The van der Waals surface area contributed by atoms with E-state index in [2.05, 4.69) is 0 Å². The Morgan fingerprint density at radius 2 is 2.19 bits per heavy atom. The smallest absolute Gasteiger partial charge is 0.127 e. The Bertz CT molecular complexity index is 520. The van der Waals surface area contributed by atoms with Crippen LogP contribution in [0.2, 0.25) is 0 Å². The number of fused-ring (bicyclic) bond motifs is 1. The molecule has 1 aliphatic heterocycles. The van der Waals surface area contributed by atoms with Gasteiger partial charge in [0.1, 0.15) is 24.3 Å². The molecule has 2 aromatic carbocycles. The van der Waals surface area contributed by atoms with Crippen LogP contribution >= 0.6 is 0 Å². The van der Waals surface area contributed by atoms with E-state index in [0.29, 0.717) is 12.4 Å². The van der Waals surface area contributed by atoms with Crippen LogP contribution < -0.4 is 4.74 Å². The van der Waals surface area contributed by atoms with Gasteiger partial charge >= 0.3 is 0 Å². The summed E-state index contributed by atoms with van der Waals surface area (Å²) >= 11 is 0. The molecule has 0 aromatic heterocycles. The molecule has 3 rings (SSSR count). The van der Waals surface area contributed by atoms with Crippen LogP contribution in [0.25, 0.3) is 10.8 Å². The van der Waals surface area contributed by atoms with E-state index in [4.69, 9.17) is 9.47 Å². The Morgan fingerprint density at radius 1 is 1.31 bits per heavy atom. The van der Waals surface area contributed by atoms with Crippen molar-refractivity contribution >= 4 is 10.8 Å². The SMILES string of the molecule is Fc1ccc2cccc(OCC3CO3)c2c1. The lowest BCUT2D eigenvalue weighted by atomic mass is 10.1. The van der Waals surface area contributed by atoms with Crippen LogP contribution in [-0.2, 0) is 4.74 Å². The molecule has 0 bridgehead atoms. The third kappa shape index (κ3) is 1.86. The van der Waals surface area contributed by atoms with Crippen LogP contribution in [0.3, 0.4) is 0 Å². The number of hydrogen-bond acceptors (Lipinski definition) is 2. The third-order valence-electron chi connectivity index (χ3n) is 2.63. The van der Waals surface area contributed by atoms with Crippen molar-refractivity contribution < 1.29 is 13.9 Å². The van der Waals surface area contributed by atoms with Gasteiger partial charge in [-0.3, -0.25) is 0 Å². The van der Waals surface area contributed by atoms with Gasteiger partial charge in [-0.05, 0) is 23.6 Å². The van der Waals surface area contributed by atoms with Gasteiger partial charge in [0, 0.05) is 5.39 Å². The normalized spacial score (nSPS) is 18.7. The zero-order chi connectivity index (χ0) is 11.0. The molecule has 1 fully saturated rings. The van der Waals surface area contributed by atoms with Gasteiger partial charge in [0.15, 0.2) is 0 Å². The Balaban J connectivity index is 1.97. The summed E-state index contributed by atoms with van der Waals surface area (Å²) in [5.74, 6) is 0.471. The van der Waals surface area contributed by atoms with E-state index in [1.807, 2.05) is 18.2 Å². The van der Waals surface area contributed by atoms with Crippen LogP contribution in [0, 0.1) is 5.82 Å². The fraction of sp³-hybridized carbons (Fsp3) is 0.231. The van der Waals surface area contributed by atoms with Crippen LogP contribution in [0.4, 0.5) is 4.39 Å². The molecule has 1 atom stereocenters. The summed E-state index contributed by atoms with van der Waals surface area (Å²) in [6, 6.07) is 10.4. The minimum Gasteiger partial charge on any atom is -0.490 e. The van der Waals surface area contributed by atoms with Crippen molar-refractivity contribution in [2.24, 2.45) is 0 Å². The molecule has 0 N–H and O–H groups in total. The first-order valence-electron chi connectivity index (χ1n) is 5.25. The first-order valence-corrected chi connectivity index (χ1v) is 5.25. The molecule has 0 amide bonds. The zero-order valence-electron chi connectivity index (χ0n) is 8.65. The predicted molar refractivity (Wildman–Crippen MR) is 59.1 cm³/mol. The zero-order valence-corrected chi connectivity index (χ0v) is 8.65. The van der Waals surface area contributed by atoms with E-state index >= 15 is 0 Å². The number of halogens is 1. The van der Waals surface area contributed by atoms with Crippen molar-refractivity contribution in [3.8, 4) is 5.75 Å². The summed E-state index contributed by atoms with van der Waals surface area (Å²) < 4.78 is 23.8. The maximum atomic E-state index is 13.1. The second-order valence-electron chi connectivity index (χ2n) is 3.89. The van der Waals surface area contributed by atoms with Gasteiger partial charge in [-0.1, -0.05) is 18.2 Å². The molecule has 1 aliphatic rings. The fourth-order valence-electron chi connectivity index (χ4n) is 1.69. The summed E-state index contributed by atoms with van der Waals surface area (Å²) in [5, 5.41) is 1.79. The average molecular weight is 218 g/mol. The Hall–Kier alpha value is -1.61. The number of ether oxygens (including phenoxy) is 2. The lowest BCUT2D eigenvalue weighted by Gasteiger charge is -2.07. The lowest BCUT2D eigenvalue weighted by Crippen LogP contribution is -2.04. The van der Waals surface area contributed by atoms with Crippen LogP contribution in [0.15, 0.2) is 36.4 Å². The molecule has 0 radical (unpaired) electrons.